The molecular weight excluding hydrogens is 198 g/mol. The van der Waals surface area contributed by atoms with E-state index in [1.165, 1.54) is 5.56 Å². The third-order valence-corrected chi connectivity index (χ3v) is 2.80. The van der Waals surface area contributed by atoms with Crippen LogP contribution in [0.3, 0.4) is 0 Å². The van der Waals surface area contributed by atoms with Crippen LogP contribution in [0.15, 0.2) is 36.4 Å². The lowest BCUT2D eigenvalue weighted by atomic mass is 10.2. The summed E-state index contributed by atoms with van der Waals surface area (Å²) in [6, 6.07) is 10.4. The van der Waals surface area contributed by atoms with Crippen molar-refractivity contribution in [1.82, 2.24) is 4.90 Å². The largest absolute Gasteiger partial charge is 0.376 e. The van der Waals surface area contributed by atoms with Gasteiger partial charge in [0.05, 0.1) is 12.7 Å². The fourth-order valence-electron chi connectivity index (χ4n) is 1.96. The molecule has 2 heteroatoms. The summed E-state index contributed by atoms with van der Waals surface area (Å²) in [4.78, 5) is 2.42. The van der Waals surface area contributed by atoms with Gasteiger partial charge in [-0.2, -0.15) is 0 Å². The minimum Gasteiger partial charge on any atom is -0.376 e. The molecule has 0 N–H and O–H groups in total. The van der Waals surface area contributed by atoms with E-state index in [-0.39, 0.29) is 0 Å². The fraction of sp³-hybridized carbons (Fsp3) is 0.429. The number of benzene rings is 1. The average Bonchev–Trinajstić information content (AvgIpc) is 2.30. The molecule has 1 unspecified atom stereocenters. The van der Waals surface area contributed by atoms with Gasteiger partial charge in [-0.3, -0.25) is 4.90 Å². The molecule has 86 valence electrons. The molecular formula is C14H19NO. The monoisotopic (exact) mass is 217 g/mol. The van der Waals surface area contributed by atoms with Crippen molar-refractivity contribution in [2.24, 2.45) is 0 Å². The highest BCUT2D eigenvalue weighted by Crippen LogP contribution is 2.05. The molecule has 0 aliphatic carbocycles. The zero-order valence-corrected chi connectivity index (χ0v) is 9.80. The Bertz CT molecular complexity index is 334. The Hall–Kier alpha value is -1.12. The molecule has 1 atom stereocenters. The molecule has 0 spiro atoms. The number of nitrogens with zero attached hydrogens (tertiary/aromatic N) is 1. The van der Waals surface area contributed by atoms with Gasteiger partial charge in [0.1, 0.15) is 0 Å². The minimum atomic E-state index is 0.374. The third-order valence-electron chi connectivity index (χ3n) is 2.80. The zero-order chi connectivity index (χ0) is 11.2. The smallest absolute Gasteiger partial charge is 0.0674 e. The van der Waals surface area contributed by atoms with E-state index in [9.17, 15) is 0 Å². The van der Waals surface area contributed by atoms with Crippen LogP contribution in [-0.2, 0) is 4.74 Å². The van der Waals surface area contributed by atoms with E-state index in [0.717, 1.165) is 26.2 Å². The SMILES string of the molecule is CC1CN(CC=Cc2ccccc2)CCO1. The molecule has 0 radical (unpaired) electrons. The topological polar surface area (TPSA) is 12.5 Å². The van der Waals surface area contributed by atoms with E-state index in [1.807, 2.05) is 6.07 Å². The summed E-state index contributed by atoms with van der Waals surface area (Å²) in [5.74, 6) is 0. The number of ether oxygens (including phenoxy) is 1. The Balaban J connectivity index is 1.80. The first kappa shape index (κ1) is 11.4. The molecule has 1 aliphatic rings. The van der Waals surface area contributed by atoms with Crippen LogP contribution >= 0.6 is 0 Å². The lowest BCUT2D eigenvalue weighted by Crippen LogP contribution is -2.40. The lowest BCUT2D eigenvalue weighted by molar-refractivity contribution is -0.0139. The molecule has 16 heavy (non-hydrogen) atoms. The predicted molar refractivity (Wildman–Crippen MR) is 67.3 cm³/mol. The third kappa shape index (κ3) is 3.47. The summed E-state index contributed by atoms with van der Waals surface area (Å²) in [7, 11) is 0. The summed E-state index contributed by atoms with van der Waals surface area (Å²) >= 11 is 0. The molecule has 1 aromatic carbocycles. The van der Waals surface area contributed by atoms with E-state index in [4.69, 9.17) is 4.74 Å². The van der Waals surface area contributed by atoms with Crippen LogP contribution < -0.4 is 0 Å². The van der Waals surface area contributed by atoms with Gasteiger partial charge in [-0.1, -0.05) is 42.5 Å². The highest BCUT2D eigenvalue weighted by molar-refractivity contribution is 5.48. The van der Waals surface area contributed by atoms with Crippen molar-refractivity contribution in [2.45, 2.75) is 13.0 Å². The van der Waals surface area contributed by atoms with Gasteiger partial charge in [-0.15, -0.1) is 0 Å². The molecule has 2 nitrogen and oxygen atoms in total. The van der Waals surface area contributed by atoms with Crippen molar-refractivity contribution < 1.29 is 4.74 Å². The second kappa shape index (κ2) is 5.83. The number of hydrogen-bond donors (Lipinski definition) is 0. The standard InChI is InChI=1S/C14H19NO/c1-13-12-15(10-11-16-13)9-5-8-14-6-3-2-4-7-14/h2-8,13H,9-12H2,1H3. The Morgan fingerprint density at radius 2 is 2.19 bits per heavy atom. The van der Waals surface area contributed by atoms with Crippen LogP contribution in [0.25, 0.3) is 6.08 Å². The van der Waals surface area contributed by atoms with Crippen molar-refractivity contribution >= 4 is 6.08 Å². The van der Waals surface area contributed by atoms with E-state index >= 15 is 0 Å². The van der Waals surface area contributed by atoms with Gasteiger partial charge in [0.25, 0.3) is 0 Å². The molecule has 1 fully saturated rings. The Morgan fingerprint density at radius 1 is 1.38 bits per heavy atom. The van der Waals surface area contributed by atoms with Crippen LogP contribution in [0.4, 0.5) is 0 Å². The summed E-state index contributed by atoms with van der Waals surface area (Å²) in [6.07, 6.45) is 4.78. The molecule has 0 saturated carbocycles. The van der Waals surface area contributed by atoms with Crippen LogP contribution in [0.1, 0.15) is 12.5 Å². The molecule has 0 amide bonds. The highest BCUT2D eigenvalue weighted by Gasteiger charge is 2.14. The second-order valence-electron chi connectivity index (χ2n) is 4.25. The maximum Gasteiger partial charge on any atom is 0.0674 e. The first-order valence-electron chi connectivity index (χ1n) is 5.90. The van der Waals surface area contributed by atoms with Crippen molar-refractivity contribution in [1.29, 1.82) is 0 Å². The Kier molecular flexibility index (Phi) is 4.14. The Morgan fingerprint density at radius 3 is 2.94 bits per heavy atom. The van der Waals surface area contributed by atoms with Crippen LogP contribution in [0, 0.1) is 0 Å². The van der Waals surface area contributed by atoms with E-state index in [1.54, 1.807) is 0 Å². The van der Waals surface area contributed by atoms with Gasteiger partial charge in [0.2, 0.25) is 0 Å². The second-order valence-corrected chi connectivity index (χ2v) is 4.25. The number of morpholine rings is 1. The minimum absolute atomic E-state index is 0.374. The maximum absolute atomic E-state index is 5.51. The molecule has 0 aromatic heterocycles. The summed E-state index contributed by atoms with van der Waals surface area (Å²) < 4.78 is 5.51. The fourth-order valence-corrected chi connectivity index (χ4v) is 1.96. The molecule has 1 aromatic rings. The van der Waals surface area contributed by atoms with Gasteiger partial charge >= 0.3 is 0 Å². The molecule has 1 heterocycles. The van der Waals surface area contributed by atoms with Gasteiger partial charge in [-0.25, -0.2) is 0 Å². The normalized spacial score (nSPS) is 22.7. The van der Waals surface area contributed by atoms with Crippen molar-refractivity contribution in [3.8, 4) is 0 Å². The summed E-state index contributed by atoms with van der Waals surface area (Å²) in [6.45, 7) is 6.10. The van der Waals surface area contributed by atoms with Crippen molar-refractivity contribution in [2.75, 3.05) is 26.2 Å². The summed E-state index contributed by atoms with van der Waals surface area (Å²) in [5.41, 5.74) is 1.27. The van der Waals surface area contributed by atoms with E-state index in [2.05, 4.69) is 48.2 Å². The van der Waals surface area contributed by atoms with Gasteiger partial charge in [0, 0.05) is 19.6 Å². The first-order chi connectivity index (χ1) is 7.84. The van der Waals surface area contributed by atoms with E-state index < -0.39 is 0 Å². The first-order valence-corrected chi connectivity index (χ1v) is 5.90. The lowest BCUT2D eigenvalue weighted by Gasteiger charge is -2.30. The molecule has 1 aliphatic heterocycles. The van der Waals surface area contributed by atoms with E-state index in [0.29, 0.717) is 6.10 Å². The molecule has 0 bridgehead atoms. The summed E-state index contributed by atoms with van der Waals surface area (Å²) in [5, 5.41) is 0. The molecule has 1 saturated heterocycles. The van der Waals surface area contributed by atoms with Gasteiger partial charge in [-0.05, 0) is 12.5 Å². The van der Waals surface area contributed by atoms with Gasteiger partial charge < -0.3 is 4.74 Å². The highest BCUT2D eigenvalue weighted by atomic mass is 16.5. The number of rotatable bonds is 3. The predicted octanol–water partition coefficient (Wildman–Crippen LogP) is 2.42. The maximum atomic E-state index is 5.51. The van der Waals surface area contributed by atoms with Crippen LogP contribution in [0.2, 0.25) is 0 Å². The van der Waals surface area contributed by atoms with Crippen LogP contribution in [0.5, 0.6) is 0 Å². The zero-order valence-electron chi connectivity index (χ0n) is 9.80. The molecule has 2 rings (SSSR count). The number of hydrogen-bond acceptors (Lipinski definition) is 2. The van der Waals surface area contributed by atoms with Crippen molar-refractivity contribution in [3.63, 3.8) is 0 Å². The van der Waals surface area contributed by atoms with Crippen molar-refractivity contribution in [3.05, 3.63) is 42.0 Å². The van der Waals surface area contributed by atoms with Crippen LogP contribution in [-0.4, -0.2) is 37.2 Å². The Labute approximate surface area is 97.5 Å². The average molecular weight is 217 g/mol. The quantitative estimate of drug-likeness (QED) is 0.771. The van der Waals surface area contributed by atoms with Gasteiger partial charge in [0.15, 0.2) is 0 Å².